The van der Waals surface area contributed by atoms with Gasteiger partial charge in [0.15, 0.2) is 11.7 Å². The molecule has 3 aliphatic rings. The zero-order chi connectivity index (χ0) is 27.6. The zero-order valence-electron chi connectivity index (χ0n) is 21.9. The Morgan fingerprint density at radius 2 is 1.54 bits per heavy atom. The summed E-state index contributed by atoms with van der Waals surface area (Å²) in [6.07, 6.45) is 11.1. The van der Waals surface area contributed by atoms with Crippen LogP contribution in [0.2, 0.25) is 0 Å². The lowest BCUT2D eigenvalue weighted by Gasteiger charge is -2.28. The van der Waals surface area contributed by atoms with Gasteiger partial charge in [-0.1, -0.05) is 36.4 Å². The van der Waals surface area contributed by atoms with Crippen LogP contribution in [0.5, 0.6) is 0 Å². The number of guanidine groups is 1. The molecule has 0 radical (unpaired) electrons. The molecule has 0 N–H and O–H groups in total. The van der Waals surface area contributed by atoms with Crippen LogP contribution in [0, 0.1) is 10.2 Å². The molecule has 5 heterocycles. The number of benzene rings is 2. The van der Waals surface area contributed by atoms with E-state index in [9.17, 15) is 0 Å². The molecule has 4 aromatic rings. The average Bonchev–Trinajstić information content (AvgIpc) is 3.41. The topological polar surface area (TPSA) is 114 Å². The molecule has 2 unspecified atom stereocenters. The van der Waals surface area contributed by atoms with Crippen molar-refractivity contribution in [2.75, 3.05) is 38.0 Å². The van der Waals surface area contributed by atoms with Crippen molar-refractivity contribution in [2.45, 2.75) is 12.1 Å². The third-order valence-corrected chi connectivity index (χ3v) is 7.24. The Balaban J connectivity index is 0.000000510. The molecule has 2 aromatic heterocycles. The number of pyridine rings is 1. The predicted molar refractivity (Wildman–Crippen MR) is 137 cm³/mol. The first kappa shape index (κ1) is 25.4. The van der Waals surface area contributed by atoms with E-state index in [2.05, 4.69) is 142 Å². The Morgan fingerprint density at radius 1 is 0.897 bits per heavy atom. The molecule has 0 amide bonds. The van der Waals surface area contributed by atoms with Gasteiger partial charge in [-0.15, -0.1) is 10.2 Å². The fourth-order valence-corrected chi connectivity index (χ4v) is 6.04. The molecular weight excluding hydrogens is 520 g/mol. The van der Waals surface area contributed by atoms with Gasteiger partial charge in [-0.25, -0.2) is 32.8 Å². The van der Waals surface area contributed by atoms with Gasteiger partial charge in [0.1, 0.15) is 22.9 Å². The maximum atomic E-state index is 8.49. The molecule has 0 spiro atoms. The van der Waals surface area contributed by atoms with Crippen LogP contribution in [0.15, 0.2) is 85.2 Å². The fraction of sp³-hybridized carbons (Fsp3) is 0.214. The third-order valence-electron chi connectivity index (χ3n) is 7.24. The molecule has 2 aromatic carbocycles. The minimum Gasteiger partial charge on any atom is -0.269 e. The Bertz CT molecular complexity index is 1690. The van der Waals surface area contributed by atoms with Crippen LogP contribution in [0.1, 0.15) is 11.7 Å². The number of halogens is 1. The van der Waals surface area contributed by atoms with E-state index in [1.165, 1.54) is 39.3 Å². The van der Waals surface area contributed by atoms with Gasteiger partial charge in [0.05, 0.1) is 40.6 Å². The van der Waals surface area contributed by atoms with Crippen LogP contribution in [0.3, 0.4) is 0 Å². The normalized spacial score (nSPS) is 18.9. The van der Waals surface area contributed by atoms with Gasteiger partial charge in [-0.2, -0.15) is 4.57 Å². The zero-order valence-corrected chi connectivity index (χ0v) is 22.7. The highest BCUT2D eigenvalue weighted by Gasteiger charge is 2.58. The first-order valence-electron chi connectivity index (χ1n) is 12.4. The lowest BCUT2D eigenvalue weighted by molar-refractivity contribution is -2.00. The molecule has 200 valence electrons. The van der Waals surface area contributed by atoms with E-state index in [4.69, 9.17) is 18.6 Å². The van der Waals surface area contributed by atoms with Gasteiger partial charge >= 0.3 is 11.9 Å². The number of nitrogens with zero attached hydrogens (tertiary/aromatic N) is 6. The Labute approximate surface area is 227 Å². The van der Waals surface area contributed by atoms with E-state index < -0.39 is 10.2 Å². The molecule has 0 aliphatic carbocycles. The van der Waals surface area contributed by atoms with Crippen LogP contribution in [-0.4, -0.2) is 54.2 Å². The van der Waals surface area contributed by atoms with Crippen molar-refractivity contribution >= 4 is 33.9 Å². The maximum Gasteiger partial charge on any atom is 0.369 e. The molecule has 1 fully saturated rings. The van der Waals surface area contributed by atoms with Crippen LogP contribution in [-0.2, 0) is 0 Å². The molecule has 0 saturated carbocycles. The monoisotopic (exact) mass is 547 g/mol. The van der Waals surface area contributed by atoms with Gasteiger partial charge in [-0.05, 0) is 47.2 Å². The fourth-order valence-electron chi connectivity index (χ4n) is 6.04. The van der Waals surface area contributed by atoms with Gasteiger partial charge < -0.3 is 0 Å². The largest absolute Gasteiger partial charge is 0.369 e. The van der Waals surface area contributed by atoms with Gasteiger partial charge in [0, 0.05) is 0 Å². The number of fused-ring (bicyclic) bond motifs is 11. The highest BCUT2D eigenvalue weighted by Crippen LogP contribution is 2.50. The molecule has 10 nitrogen and oxygen atoms in total. The highest BCUT2D eigenvalue weighted by atomic mass is 35.7. The number of hydrogen-bond acceptors (Lipinski definition) is 5. The second-order valence-corrected chi connectivity index (χ2v) is 10.8. The molecule has 11 heteroatoms. The first-order chi connectivity index (χ1) is 18.6. The summed E-state index contributed by atoms with van der Waals surface area (Å²) in [6, 6.07) is 20.3. The Morgan fingerprint density at radius 3 is 2.18 bits per heavy atom. The van der Waals surface area contributed by atoms with E-state index in [0.29, 0.717) is 0 Å². The molecule has 2 atom stereocenters. The summed E-state index contributed by atoms with van der Waals surface area (Å²) >= 11 is 0. The van der Waals surface area contributed by atoms with E-state index in [1.807, 2.05) is 0 Å². The molecule has 3 aliphatic heterocycles. The van der Waals surface area contributed by atoms with Gasteiger partial charge in [0.2, 0.25) is 0 Å². The van der Waals surface area contributed by atoms with Gasteiger partial charge in [-0.3, -0.25) is 9.48 Å². The van der Waals surface area contributed by atoms with Crippen molar-refractivity contribution in [1.82, 2.24) is 9.47 Å². The van der Waals surface area contributed by atoms with Crippen molar-refractivity contribution in [3.05, 3.63) is 90.9 Å². The maximum absolute atomic E-state index is 8.49. The number of hydrogen-bond donors (Lipinski definition) is 0. The number of anilines is 2. The first-order valence-corrected chi connectivity index (χ1v) is 13.6. The van der Waals surface area contributed by atoms with Crippen molar-refractivity contribution in [1.29, 1.82) is 0 Å². The molecule has 0 bridgehead atoms. The number of rotatable bonds is 1. The second-order valence-electron chi connectivity index (χ2n) is 10.1. The minimum atomic E-state index is -4.94. The van der Waals surface area contributed by atoms with Crippen molar-refractivity contribution in [2.24, 2.45) is 0 Å². The van der Waals surface area contributed by atoms with Crippen molar-refractivity contribution in [3.8, 4) is 5.69 Å². The summed E-state index contributed by atoms with van der Waals surface area (Å²) in [7, 11) is 3.62. The summed E-state index contributed by atoms with van der Waals surface area (Å²) in [4.78, 5) is 7.19. The number of allylic oxidation sites excluding steroid dienone is 2. The quantitative estimate of drug-likeness (QED) is 0.279. The van der Waals surface area contributed by atoms with E-state index in [1.54, 1.807) is 0 Å². The van der Waals surface area contributed by atoms with Crippen molar-refractivity contribution in [3.63, 3.8) is 0 Å². The summed E-state index contributed by atoms with van der Waals surface area (Å²) in [6.45, 7) is 0. The smallest absolute Gasteiger partial charge is 0.269 e. The highest BCUT2D eigenvalue weighted by molar-refractivity contribution is 6.04. The molecule has 1 saturated heterocycles. The Kier molecular flexibility index (Phi) is 5.90. The Hall–Kier alpha value is -3.93. The molecular formula is C28H28ClN6O4+. The van der Waals surface area contributed by atoms with E-state index >= 15 is 0 Å². The van der Waals surface area contributed by atoms with Crippen LogP contribution in [0.25, 0.3) is 22.0 Å². The predicted octanol–water partition coefficient (Wildman–Crippen LogP) is -1.06. The average molecular weight is 548 g/mol. The van der Waals surface area contributed by atoms with Crippen LogP contribution < -0.4 is 32.8 Å². The van der Waals surface area contributed by atoms with Crippen LogP contribution >= 0.6 is 0 Å². The third kappa shape index (κ3) is 4.05. The lowest BCUT2D eigenvalue weighted by Crippen LogP contribution is -2.68. The second kappa shape index (κ2) is 9.08. The van der Waals surface area contributed by atoms with E-state index in [0.717, 1.165) is 5.95 Å². The lowest BCUT2D eigenvalue weighted by atomic mass is 9.97. The standard InChI is InChI=1S/C28H28N6.ClHO4/c1-29(2)27-31-15-9-7-13-21(31)25-26-22-14-8-10-16-32(22)28(30(3)4)34(26)24-18-20-12-6-5-11-19(20)17-23(24)33(25)27;2-1(3,4)5/h5-18,21,25H,1-4H3;(H,2,3,4,5)/q+2;/p-1. The summed E-state index contributed by atoms with van der Waals surface area (Å²) in [5.74, 6) is 2.35. The van der Waals surface area contributed by atoms with E-state index in [-0.39, 0.29) is 12.1 Å². The van der Waals surface area contributed by atoms with Crippen LogP contribution in [0.4, 0.5) is 11.6 Å². The summed E-state index contributed by atoms with van der Waals surface area (Å²) in [5.41, 5.74) is 5.01. The van der Waals surface area contributed by atoms with Gasteiger partial charge in [0.25, 0.3) is 0 Å². The SMILES string of the molecule is CN(C)c1n2c(c3cccc[n+]13)C1C3C=CC=CN3C(=[N+](C)C)N1c1cc3ccccc3cc1-2.[O-][Cl+3]([O-])([O-])[O-]. The summed E-state index contributed by atoms with van der Waals surface area (Å²) in [5, 5.41) is 2.51. The molecule has 39 heavy (non-hydrogen) atoms. The minimum absolute atomic E-state index is 0.137. The van der Waals surface area contributed by atoms with Crippen molar-refractivity contribution < 1.29 is 37.9 Å². The summed E-state index contributed by atoms with van der Waals surface area (Å²) < 4.78 is 41.0. The number of imidazole rings is 1. The number of aromatic nitrogens is 2. The molecule has 7 rings (SSSR count).